The SMILES string of the molecule is CC(C)(C)[Si](/C=C\I)(c1ccccc1)c1ccccc1. The minimum absolute atomic E-state index is 0.220. The minimum Gasteiger partial charge on any atom is -0.0794 e. The topological polar surface area (TPSA) is 0 Å². The van der Waals surface area contributed by atoms with E-state index in [0.717, 1.165) is 0 Å². The molecule has 0 amide bonds. The summed E-state index contributed by atoms with van der Waals surface area (Å²) in [6.45, 7) is 7.11. The van der Waals surface area contributed by atoms with Crippen LogP contribution in [0.4, 0.5) is 0 Å². The molecule has 0 aliphatic rings. The number of rotatable bonds is 3. The van der Waals surface area contributed by atoms with Crippen LogP contribution in [0, 0.1) is 0 Å². The molecule has 0 saturated carbocycles. The zero-order valence-electron chi connectivity index (χ0n) is 12.3. The molecule has 0 saturated heterocycles. The van der Waals surface area contributed by atoms with E-state index in [0.29, 0.717) is 0 Å². The molecule has 0 aliphatic carbocycles. The molecule has 0 unspecified atom stereocenters. The Kier molecular flexibility index (Phi) is 4.86. The lowest BCUT2D eigenvalue weighted by molar-refractivity contribution is 0.739. The first kappa shape index (κ1) is 15.5. The van der Waals surface area contributed by atoms with E-state index in [2.05, 4.69) is 114 Å². The van der Waals surface area contributed by atoms with Crippen LogP contribution in [-0.4, -0.2) is 8.07 Å². The maximum absolute atomic E-state index is 2.47. The fourth-order valence-corrected chi connectivity index (χ4v) is 9.17. The van der Waals surface area contributed by atoms with Gasteiger partial charge in [-0.3, -0.25) is 0 Å². The lowest BCUT2D eigenvalue weighted by atomic mass is 10.2. The molecule has 0 bridgehead atoms. The Morgan fingerprint density at radius 1 is 0.800 bits per heavy atom. The first-order valence-corrected chi connectivity index (χ1v) is 10.2. The van der Waals surface area contributed by atoms with Crippen LogP contribution >= 0.6 is 22.6 Å². The lowest BCUT2D eigenvalue weighted by Crippen LogP contribution is -2.63. The van der Waals surface area contributed by atoms with Crippen LogP contribution in [0.5, 0.6) is 0 Å². The van der Waals surface area contributed by atoms with Crippen molar-refractivity contribution in [3.63, 3.8) is 0 Å². The Hall–Kier alpha value is -0.873. The van der Waals surface area contributed by atoms with Gasteiger partial charge in [0.1, 0.15) is 8.07 Å². The average Bonchev–Trinajstić information content (AvgIpc) is 2.45. The summed E-state index contributed by atoms with van der Waals surface area (Å²) in [5.74, 6) is 0. The fraction of sp³-hybridized carbons (Fsp3) is 0.222. The minimum atomic E-state index is -1.94. The Morgan fingerprint density at radius 2 is 1.20 bits per heavy atom. The summed E-state index contributed by atoms with van der Waals surface area (Å²) < 4.78 is 2.20. The summed E-state index contributed by atoms with van der Waals surface area (Å²) in [6, 6.07) is 22.0. The monoisotopic (exact) mass is 392 g/mol. The van der Waals surface area contributed by atoms with E-state index < -0.39 is 8.07 Å². The number of halogens is 1. The highest BCUT2D eigenvalue weighted by molar-refractivity contribution is 14.1. The zero-order chi connectivity index (χ0) is 14.6. The van der Waals surface area contributed by atoms with E-state index in [4.69, 9.17) is 0 Å². The van der Waals surface area contributed by atoms with Crippen LogP contribution in [0.25, 0.3) is 0 Å². The number of benzene rings is 2. The van der Waals surface area contributed by atoms with Gasteiger partial charge in [-0.1, -0.05) is 110 Å². The smallest absolute Gasteiger partial charge is 0.0794 e. The molecule has 0 nitrogen and oxygen atoms in total. The van der Waals surface area contributed by atoms with Gasteiger partial charge in [0.25, 0.3) is 0 Å². The quantitative estimate of drug-likeness (QED) is 0.532. The van der Waals surface area contributed by atoms with Crippen LogP contribution in [0.3, 0.4) is 0 Å². The molecule has 104 valence electrons. The van der Waals surface area contributed by atoms with Gasteiger partial charge < -0.3 is 0 Å². The molecule has 0 aromatic heterocycles. The summed E-state index contributed by atoms with van der Waals surface area (Å²) in [6.07, 6.45) is 0. The lowest BCUT2D eigenvalue weighted by Gasteiger charge is -2.41. The average molecular weight is 392 g/mol. The third-order valence-electron chi connectivity index (χ3n) is 3.95. The fourth-order valence-electron chi connectivity index (χ4n) is 2.97. The molecule has 0 fully saturated rings. The molecule has 0 aliphatic heterocycles. The Bertz CT molecular complexity index is 528. The molecule has 0 radical (unpaired) electrons. The Labute approximate surface area is 137 Å². The van der Waals surface area contributed by atoms with Gasteiger partial charge in [-0.25, -0.2) is 0 Å². The highest BCUT2D eigenvalue weighted by Gasteiger charge is 2.45. The molecule has 2 rings (SSSR count). The van der Waals surface area contributed by atoms with E-state index in [1.165, 1.54) is 10.4 Å². The second-order valence-electron chi connectivity index (χ2n) is 6.08. The van der Waals surface area contributed by atoms with Gasteiger partial charge in [0.2, 0.25) is 0 Å². The van der Waals surface area contributed by atoms with Gasteiger partial charge in [-0.05, 0) is 19.5 Å². The van der Waals surface area contributed by atoms with Gasteiger partial charge in [-0.15, -0.1) is 0 Å². The molecular weight excluding hydrogens is 371 g/mol. The summed E-state index contributed by atoms with van der Waals surface area (Å²) >= 11 is 2.36. The maximum atomic E-state index is 2.47. The van der Waals surface area contributed by atoms with E-state index in [9.17, 15) is 0 Å². The van der Waals surface area contributed by atoms with Gasteiger partial charge in [0.15, 0.2) is 0 Å². The summed E-state index contributed by atoms with van der Waals surface area (Å²) in [4.78, 5) is 0. The summed E-state index contributed by atoms with van der Waals surface area (Å²) in [7, 11) is -1.94. The van der Waals surface area contributed by atoms with Crippen LogP contribution in [-0.2, 0) is 0 Å². The van der Waals surface area contributed by atoms with E-state index >= 15 is 0 Å². The highest BCUT2D eigenvalue weighted by atomic mass is 127. The number of hydrogen-bond acceptors (Lipinski definition) is 0. The standard InChI is InChI=1S/C18H21ISi/c1-18(2,3)20(15-14-19,16-10-6-4-7-11-16)17-12-8-5-9-13-17/h4-15H,1-3H3/b15-14-. The van der Waals surface area contributed by atoms with Crippen molar-refractivity contribution in [1.29, 1.82) is 0 Å². The van der Waals surface area contributed by atoms with Gasteiger partial charge in [-0.2, -0.15) is 0 Å². The zero-order valence-corrected chi connectivity index (χ0v) is 15.5. The molecule has 2 heteroatoms. The molecule has 0 N–H and O–H groups in total. The summed E-state index contributed by atoms with van der Waals surface area (Å²) in [5, 5.41) is 3.18. The van der Waals surface area contributed by atoms with Crippen LogP contribution in [0.1, 0.15) is 20.8 Å². The van der Waals surface area contributed by atoms with Gasteiger partial charge in [0.05, 0.1) is 0 Å². The first-order valence-electron chi connectivity index (χ1n) is 6.91. The molecule has 2 aromatic carbocycles. The van der Waals surface area contributed by atoms with E-state index in [-0.39, 0.29) is 5.04 Å². The van der Waals surface area contributed by atoms with Crippen molar-refractivity contribution in [2.75, 3.05) is 0 Å². The summed E-state index contributed by atoms with van der Waals surface area (Å²) in [5.41, 5.74) is 2.47. The van der Waals surface area contributed by atoms with Crippen molar-refractivity contribution in [2.45, 2.75) is 25.8 Å². The molecule has 0 atom stereocenters. The second-order valence-corrected chi connectivity index (χ2v) is 11.4. The van der Waals surface area contributed by atoms with Crippen LogP contribution < -0.4 is 10.4 Å². The van der Waals surface area contributed by atoms with Crippen molar-refractivity contribution >= 4 is 41.0 Å². The Morgan fingerprint density at radius 3 is 1.50 bits per heavy atom. The van der Waals surface area contributed by atoms with Gasteiger partial charge >= 0.3 is 0 Å². The van der Waals surface area contributed by atoms with Crippen molar-refractivity contribution in [3.8, 4) is 0 Å². The van der Waals surface area contributed by atoms with Crippen molar-refractivity contribution in [3.05, 3.63) is 70.4 Å². The van der Waals surface area contributed by atoms with Crippen molar-refractivity contribution in [2.24, 2.45) is 0 Å². The molecular formula is C18H21ISi. The second kappa shape index (κ2) is 6.27. The van der Waals surface area contributed by atoms with Crippen LogP contribution in [0.15, 0.2) is 70.4 Å². The first-order chi connectivity index (χ1) is 9.52. The maximum Gasteiger partial charge on any atom is 0.146 e. The predicted octanol–water partition coefficient (Wildman–Crippen LogP) is 4.54. The largest absolute Gasteiger partial charge is 0.146 e. The molecule has 0 spiro atoms. The third kappa shape index (κ3) is 2.77. The Balaban J connectivity index is 2.77. The van der Waals surface area contributed by atoms with E-state index in [1.54, 1.807) is 0 Å². The van der Waals surface area contributed by atoms with Crippen molar-refractivity contribution < 1.29 is 0 Å². The van der Waals surface area contributed by atoms with Crippen molar-refractivity contribution in [1.82, 2.24) is 0 Å². The van der Waals surface area contributed by atoms with Gasteiger partial charge in [0, 0.05) is 0 Å². The predicted molar refractivity (Wildman–Crippen MR) is 101 cm³/mol. The van der Waals surface area contributed by atoms with Crippen LogP contribution in [0.2, 0.25) is 5.04 Å². The normalized spacial score (nSPS) is 12.8. The highest BCUT2D eigenvalue weighted by Crippen LogP contribution is 2.36. The molecule has 0 heterocycles. The van der Waals surface area contributed by atoms with E-state index in [1.807, 2.05) is 0 Å². The molecule has 2 aromatic rings. The number of hydrogen-bond donors (Lipinski definition) is 0. The third-order valence-corrected chi connectivity index (χ3v) is 10.5. The molecule has 20 heavy (non-hydrogen) atoms.